The van der Waals surface area contributed by atoms with Crippen LogP contribution in [0.2, 0.25) is 0 Å². The maximum atomic E-state index is 10.7. The maximum absolute atomic E-state index is 10.7. The van der Waals surface area contributed by atoms with Gasteiger partial charge in [-0.15, -0.1) is 0 Å². The predicted molar refractivity (Wildman–Crippen MR) is 44.7 cm³/mol. The maximum Gasteiger partial charge on any atom is 0.341 e. The van der Waals surface area contributed by atoms with Gasteiger partial charge in [0.25, 0.3) is 0 Å². The van der Waals surface area contributed by atoms with Crippen LogP contribution in [0, 0.1) is 6.92 Å². The third-order valence-corrected chi connectivity index (χ3v) is 1.58. The first-order valence-corrected chi connectivity index (χ1v) is 3.52. The highest BCUT2D eigenvalue weighted by Gasteiger charge is 2.18. The molecule has 0 unspecified atom stereocenters. The van der Waals surface area contributed by atoms with Gasteiger partial charge in [-0.05, 0) is 6.92 Å². The van der Waals surface area contributed by atoms with E-state index >= 15 is 0 Å². The zero-order chi connectivity index (χ0) is 9.30. The summed E-state index contributed by atoms with van der Waals surface area (Å²) in [5.74, 6) is -0.565. The number of hydrogen-bond donors (Lipinski definition) is 1. The number of rotatable bonds is 2. The molecular weight excluding hydrogens is 158 g/mol. The molecule has 0 spiro atoms. The summed E-state index contributed by atoms with van der Waals surface area (Å²) in [4.78, 5) is 12.4. The van der Waals surface area contributed by atoms with Crippen LogP contribution < -0.4 is 4.90 Å². The van der Waals surface area contributed by atoms with E-state index in [0.29, 0.717) is 11.4 Å². The van der Waals surface area contributed by atoms with E-state index in [2.05, 4.69) is 0 Å². The van der Waals surface area contributed by atoms with E-state index in [1.54, 1.807) is 25.9 Å². The lowest BCUT2D eigenvalue weighted by molar-refractivity contribution is 0.0696. The lowest BCUT2D eigenvalue weighted by Crippen LogP contribution is -2.12. The second-order valence-electron chi connectivity index (χ2n) is 2.80. The van der Waals surface area contributed by atoms with E-state index in [4.69, 9.17) is 9.52 Å². The van der Waals surface area contributed by atoms with Crippen LogP contribution in [0.25, 0.3) is 0 Å². The Morgan fingerprint density at radius 3 is 2.50 bits per heavy atom. The highest BCUT2D eigenvalue weighted by molar-refractivity contribution is 5.94. The van der Waals surface area contributed by atoms with Gasteiger partial charge in [-0.1, -0.05) is 0 Å². The smallest absolute Gasteiger partial charge is 0.341 e. The number of anilines is 1. The Kier molecular flexibility index (Phi) is 2.08. The summed E-state index contributed by atoms with van der Waals surface area (Å²) in [6.45, 7) is 1.71. The lowest BCUT2D eigenvalue weighted by Gasteiger charge is -2.08. The van der Waals surface area contributed by atoms with Gasteiger partial charge in [0, 0.05) is 19.7 Å². The Bertz CT molecular complexity index is 301. The van der Waals surface area contributed by atoms with Crippen molar-refractivity contribution in [2.75, 3.05) is 19.0 Å². The second kappa shape index (κ2) is 2.89. The minimum atomic E-state index is -0.954. The van der Waals surface area contributed by atoms with Crippen LogP contribution in [0.3, 0.4) is 0 Å². The first-order valence-electron chi connectivity index (χ1n) is 3.52. The van der Waals surface area contributed by atoms with Crippen molar-refractivity contribution in [3.8, 4) is 0 Å². The number of aryl methyl sites for hydroxylation is 1. The SMILES string of the molecule is Cc1coc(N(C)C)c1C(=O)O. The van der Waals surface area contributed by atoms with E-state index in [-0.39, 0.29) is 5.56 Å². The standard InChI is InChI=1S/C8H11NO3/c1-5-4-12-7(9(2)3)6(5)8(10)11/h4H,1-3H3,(H,10,11). The van der Waals surface area contributed by atoms with Crippen LogP contribution in [-0.4, -0.2) is 25.2 Å². The van der Waals surface area contributed by atoms with Crippen LogP contribution >= 0.6 is 0 Å². The Labute approximate surface area is 70.4 Å². The predicted octanol–water partition coefficient (Wildman–Crippen LogP) is 1.35. The average molecular weight is 169 g/mol. The summed E-state index contributed by atoms with van der Waals surface area (Å²) in [6, 6.07) is 0. The molecule has 12 heavy (non-hydrogen) atoms. The molecule has 66 valence electrons. The fourth-order valence-corrected chi connectivity index (χ4v) is 1.02. The van der Waals surface area contributed by atoms with Crippen LogP contribution in [-0.2, 0) is 0 Å². The Morgan fingerprint density at radius 1 is 1.58 bits per heavy atom. The van der Waals surface area contributed by atoms with Crippen LogP contribution in [0.5, 0.6) is 0 Å². The third kappa shape index (κ3) is 1.28. The minimum absolute atomic E-state index is 0.236. The molecule has 0 amide bonds. The summed E-state index contributed by atoms with van der Waals surface area (Å²) < 4.78 is 5.06. The fourth-order valence-electron chi connectivity index (χ4n) is 1.02. The lowest BCUT2D eigenvalue weighted by atomic mass is 10.2. The van der Waals surface area contributed by atoms with Crippen molar-refractivity contribution in [1.82, 2.24) is 0 Å². The number of carboxylic acids is 1. The molecule has 4 nitrogen and oxygen atoms in total. The van der Waals surface area contributed by atoms with Gasteiger partial charge in [-0.25, -0.2) is 4.79 Å². The van der Waals surface area contributed by atoms with Gasteiger partial charge < -0.3 is 14.4 Å². The average Bonchev–Trinajstić information content (AvgIpc) is 2.30. The third-order valence-electron chi connectivity index (χ3n) is 1.58. The molecule has 1 aromatic rings. The zero-order valence-electron chi connectivity index (χ0n) is 7.29. The van der Waals surface area contributed by atoms with E-state index in [1.165, 1.54) is 6.26 Å². The molecule has 0 bridgehead atoms. The van der Waals surface area contributed by atoms with Gasteiger partial charge in [-0.2, -0.15) is 0 Å². The van der Waals surface area contributed by atoms with Crippen molar-refractivity contribution in [2.45, 2.75) is 6.92 Å². The summed E-state index contributed by atoms with van der Waals surface area (Å²) in [5, 5.41) is 8.80. The number of aromatic carboxylic acids is 1. The summed E-state index contributed by atoms with van der Waals surface area (Å²) >= 11 is 0. The quantitative estimate of drug-likeness (QED) is 0.726. The molecule has 0 aliphatic rings. The van der Waals surface area contributed by atoms with Crippen molar-refractivity contribution >= 4 is 11.9 Å². The molecule has 1 rings (SSSR count). The van der Waals surface area contributed by atoms with Crippen LogP contribution in [0.4, 0.5) is 5.88 Å². The van der Waals surface area contributed by atoms with E-state index in [9.17, 15) is 4.79 Å². The molecule has 4 heteroatoms. The topological polar surface area (TPSA) is 53.7 Å². The molecule has 1 aromatic heterocycles. The Hall–Kier alpha value is -1.45. The molecule has 0 aliphatic carbocycles. The van der Waals surface area contributed by atoms with Crippen molar-refractivity contribution < 1.29 is 14.3 Å². The zero-order valence-corrected chi connectivity index (χ0v) is 7.29. The number of carbonyl (C=O) groups is 1. The highest BCUT2D eigenvalue weighted by atomic mass is 16.4. The van der Waals surface area contributed by atoms with Crippen molar-refractivity contribution in [2.24, 2.45) is 0 Å². The normalized spacial score (nSPS) is 9.92. The van der Waals surface area contributed by atoms with Gasteiger partial charge in [0.2, 0.25) is 5.88 Å². The van der Waals surface area contributed by atoms with E-state index < -0.39 is 5.97 Å². The van der Waals surface area contributed by atoms with Gasteiger partial charge in [-0.3, -0.25) is 0 Å². The first-order chi connectivity index (χ1) is 5.54. The minimum Gasteiger partial charge on any atom is -0.477 e. The fraction of sp³-hybridized carbons (Fsp3) is 0.375. The summed E-state index contributed by atoms with van der Waals surface area (Å²) in [7, 11) is 3.48. The largest absolute Gasteiger partial charge is 0.477 e. The number of hydrogen-bond acceptors (Lipinski definition) is 3. The van der Waals surface area contributed by atoms with Crippen molar-refractivity contribution in [1.29, 1.82) is 0 Å². The van der Waals surface area contributed by atoms with Crippen molar-refractivity contribution in [3.63, 3.8) is 0 Å². The van der Waals surface area contributed by atoms with Crippen molar-refractivity contribution in [3.05, 3.63) is 17.4 Å². The van der Waals surface area contributed by atoms with Gasteiger partial charge in [0.05, 0.1) is 6.26 Å². The molecular formula is C8H11NO3. The van der Waals surface area contributed by atoms with Crippen LogP contribution in [0.1, 0.15) is 15.9 Å². The molecule has 0 saturated carbocycles. The van der Waals surface area contributed by atoms with E-state index in [0.717, 1.165) is 0 Å². The molecule has 0 saturated heterocycles. The summed E-state index contributed by atoms with van der Waals surface area (Å²) in [6.07, 6.45) is 1.44. The molecule has 0 fully saturated rings. The molecule has 0 aliphatic heterocycles. The van der Waals surface area contributed by atoms with Gasteiger partial charge >= 0.3 is 5.97 Å². The monoisotopic (exact) mass is 169 g/mol. The Morgan fingerprint density at radius 2 is 2.17 bits per heavy atom. The molecule has 0 atom stereocenters. The first kappa shape index (κ1) is 8.64. The number of nitrogens with zero attached hydrogens (tertiary/aromatic N) is 1. The molecule has 1 heterocycles. The molecule has 0 aromatic carbocycles. The molecule has 0 radical (unpaired) electrons. The van der Waals surface area contributed by atoms with Gasteiger partial charge in [0.15, 0.2) is 0 Å². The van der Waals surface area contributed by atoms with Gasteiger partial charge in [0.1, 0.15) is 5.56 Å². The highest BCUT2D eigenvalue weighted by Crippen LogP contribution is 2.23. The summed E-state index contributed by atoms with van der Waals surface area (Å²) in [5.41, 5.74) is 0.881. The molecule has 1 N–H and O–H groups in total. The van der Waals surface area contributed by atoms with E-state index in [1.807, 2.05) is 0 Å². The number of furan rings is 1. The van der Waals surface area contributed by atoms with Crippen LogP contribution in [0.15, 0.2) is 10.7 Å². The Balaban J connectivity index is 3.21. The second-order valence-corrected chi connectivity index (χ2v) is 2.80. The number of carboxylic acid groups (broad SMARTS) is 1.